The molecule has 6 heteroatoms. The number of hydrogen-bond acceptors (Lipinski definition) is 5. The third kappa shape index (κ3) is 3.05. The molecule has 2 aromatic carbocycles. The Bertz CT molecular complexity index is 906. The summed E-state index contributed by atoms with van der Waals surface area (Å²) < 4.78 is 10.1. The normalized spacial score (nSPS) is 18.2. The van der Waals surface area contributed by atoms with E-state index in [1.165, 1.54) is 0 Å². The summed E-state index contributed by atoms with van der Waals surface area (Å²) in [5.74, 6) is -0.700. The van der Waals surface area contributed by atoms with E-state index in [0.29, 0.717) is 6.42 Å². The van der Waals surface area contributed by atoms with Crippen molar-refractivity contribution in [2.75, 3.05) is 6.61 Å². The largest absolute Gasteiger partial charge is 0.448 e. The van der Waals surface area contributed by atoms with E-state index >= 15 is 0 Å². The van der Waals surface area contributed by atoms with Crippen LogP contribution < -0.4 is 0 Å². The average molecular weight is 379 g/mol. The molecule has 0 saturated carbocycles. The van der Waals surface area contributed by atoms with Crippen molar-refractivity contribution in [2.24, 2.45) is 5.92 Å². The molecule has 1 aliphatic carbocycles. The molecule has 2 aliphatic rings. The fourth-order valence-corrected chi connectivity index (χ4v) is 3.95. The number of fused-ring (bicyclic) bond motifs is 3. The highest BCUT2D eigenvalue weighted by atomic mass is 16.6. The van der Waals surface area contributed by atoms with Crippen molar-refractivity contribution in [2.45, 2.75) is 32.2 Å². The van der Waals surface area contributed by atoms with Crippen LogP contribution in [0.4, 0.5) is 9.59 Å². The van der Waals surface area contributed by atoms with E-state index in [1.54, 1.807) is 0 Å². The van der Waals surface area contributed by atoms with Gasteiger partial charge in [-0.25, -0.2) is 14.4 Å². The van der Waals surface area contributed by atoms with Crippen molar-refractivity contribution < 1.29 is 23.9 Å². The number of amides is 2. The summed E-state index contributed by atoms with van der Waals surface area (Å²) in [5, 5.41) is 0. The Morgan fingerprint density at radius 3 is 2.18 bits per heavy atom. The summed E-state index contributed by atoms with van der Waals surface area (Å²) >= 11 is 0. The molecular formula is C22H21NO5. The highest BCUT2D eigenvalue weighted by molar-refractivity contribution is 6.03. The zero-order valence-corrected chi connectivity index (χ0v) is 15.8. The molecule has 2 aromatic rings. The Morgan fingerprint density at radius 1 is 1.04 bits per heavy atom. The van der Waals surface area contributed by atoms with Gasteiger partial charge in [-0.1, -0.05) is 62.4 Å². The van der Waals surface area contributed by atoms with Gasteiger partial charge in [0.15, 0.2) is 0 Å². The van der Waals surface area contributed by atoms with Crippen LogP contribution in [-0.4, -0.2) is 35.7 Å². The lowest BCUT2D eigenvalue weighted by Crippen LogP contribution is -2.41. The van der Waals surface area contributed by atoms with Gasteiger partial charge in [0.2, 0.25) is 0 Å². The Kier molecular flexibility index (Phi) is 4.63. The molecular weight excluding hydrogens is 358 g/mol. The predicted molar refractivity (Wildman–Crippen MR) is 102 cm³/mol. The maximum atomic E-state index is 12.6. The van der Waals surface area contributed by atoms with E-state index in [1.807, 2.05) is 62.4 Å². The number of imide groups is 1. The first-order valence-corrected chi connectivity index (χ1v) is 9.37. The number of hydrogen-bond donors (Lipinski definition) is 0. The van der Waals surface area contributed by atoms with Gasteiger partial charge in [-0.15, -0.1) is 0 Å². The van der Waals surface area contributed by atoms with Crippen molar-refractivity contribution in [3.63, 3.8) is 0 Å². The molecule has 1 unspecified atom stereocenters. The van der Waals surface area contributed by atoms with Crippen molar-refractivity contribution in [3.05, 3.63) is 59.7 Å². The van der Waals surface area contributed by atoms with Crippen LogP contribution in [0.1, 0.15) is 37.3 Å². The van der Waals surface area contributed by atoms with E-state index in [-0.39, 0.29) is 18.4 Å². The lowest BCUT2D eigenvalue weighted by Gasteiger charge is -2.21. The van der Waals surface area contributed by atoms with Gasteiger partial charge in [0.1, 0.15) is 12.6 Å². The lowest BCUT2D eigenvalue weighted by atomic mass is 9.98. The second-order valence-corrected chi connectivity index (χ2v) is 7.51. The topological polar surface area (TPSA) is 72.9 Å². The van der Waals surface area contributed by atoms with Gasteiger partial charge >= 0.3 is 18.2 Å². The van der Waals surface area contributed by atoms with Crippen LogP contribution in [0.15, 0.2) is 48.5 Å². The number of nitrogens with zero attached hydrogens (tertiary/aromatic N) is 1. The first-order chi connectivity index (χ1) is 13.5. The number of esters is 1. The molecule has 2 amide bonds. The number of carbonyl (C=O) groups excluding carboxylic acids is 3. The van der Waals surface area contributed by atoms with Crippen LogP contribution in [0.5, 0.6) is 0 Å². The lowest BCUT2D eigenvalue weighted by molar-refractivity contribution is -0.136. The number of carbonyl (C=O) groups is 3. The first-order valence-electron chi connectivity index (χ1n) is 9.37. The Balaban J connectivity index is 1.54. The summed E-state index contributed by atoms with van der Waals surface area (Å²) in [5.41, 5.74) is 4.39. The highest BCUT2D eigenvalue weighted by Crippen LogP contribution is 2.44. The van der Waals surface area contributed by atoms with Gasteiger partial charge in [0.05, 0.1) is 0 Å². The quantitative estimate of drug-likeness (QED) is 0.584. The van der Waals surface area contributed by atoms with Gasteiger partial charge in [0, 0.05) is 5.92 Å². The van der Waals surface area contributed by atoms with E-state index in [4.69, 9.17) is 4.74 Å². The first kappa shape index (κ1) is 18.2. The molecule has 1 atom stereocenters. The van der Waals surface area contributed by atoms with Gasteiger partial charge in [-0.05, 0) is 34.6 Å². The average Bonchev–Trinajstić information content (AvgIpc) is 3.13. The van der Waals surface area contributed by atoms with Crippen molar-refractivity contribution in [1.29, 1.82) is 0 Å². The monoisotopic (exact) mass is 379 g/mol. The van der Waals surface area contributed by atoms with E-state index in [0.717, 1.165) is 27.2 Å². The Labute approximate surface area is 163 Å². The van der Waals surface area contributed by atoms with Gasteiger partial charge in [0.25, 0.3) is 0 Å². The molecule has 0 N–H and O–H groups in total. The van der Waals surface area contributed by atoms with Crippen LogP contribution in [0.2, 0.25) is 0 Å². The highest BCUT2D eigenvalue weighted by Gasteiger charge is 2.46. The minimum Gasteiger partial charge on any atom is -0.448 e. The van der Waals surface area contributed by atoms with Gasteiger partial charge in [-0.3, -0.25) is 0 Å². The van der Waals surface area contributed by atoms with Crippen molar-refractivity contribution >= 4 is 18.2 Å². The Morgan fingerprint density at radius 2 is 1.61 bits per heavy atom. The molecule has 1 heterocycles. The summed E-state index contributed by atoms with van der Waals surface area (Å²) in [4.78, 5) is 37.3. The molecule has 0 aromatic heterocycles. The van der Waals surface area contributed by atoms with Gasteiger partial charge in [-0.2, -0.15) is 4.90 Å². The second-order valence-electron chi connectivity index (χ2n) is 7.51. The number of rotatable bonds is 4. The third-order valence-corrected chi connectivity index (χ3v) is 5.20. The molecule has 4 rings (SSSR count). The molecule has 0 bridgehead atoms. The minimum absolute atomic E-state index is 0.0826. The molecule has 28 heavy (non-hydrogen) atoms. The number of cyclic esters (lactones) is 2. The summed E-state index contributed by atoms with van der Waals surface area (Å²) in [6.45, 7) is 3.90. The zero-order chi connectivity index (χ0) is 19.8. The number of ether oxygens (including phenoxy) is 2. The van der Waals surface area contributed by atoms with Crippen LogP contribution in [0.25, 0.3) is 11.1 Å². The molecule has 1 saturated heterocycles. The van der Waals surface area contributed by atoms with Crippen molar-refractivity contribution in [3.8, 4) is 11.1 Å². The zero-order valence-electron chi connectivity index (χ0n) is 15.8. The summed E-state index contributed by atoms with van der Waals surface area (Å²) in [7, 11) is 0. The molecule has 1 aliphatic heterocycles. The number of benzene rings is 2. The van der Waals surface area contributed by atoms with E-state index in [2.05, 4.69) is 4.74 Å². The molecule has 0 spiro atoms. The molecule has 144 valence electrons. The van der Waals surface area contributed by atoms with Crippen molar-refractivity contribution in [1.82, 2.24) is 4.90 Å². The Hall–Kier alpha value is -3.15. The predicted octanol–water partition coefficient (Wildman–Crippen LogP) is 4.33. The molecule has 6 nitrogen and oxygen atoms in total. The SMILES string of the molecule is CC(C)CC1C(=O)OC(=O)N1C(=O)OCC1c2ccccc2-c2ccccc21. The van der Waals surface area contributed by atoms with Crippen LogP contribution in [0.3, 0.4) is 0 Å². The standard InChI is InChI=1S/C22H21NO5/c1-13(2)11-19-20(24)28-22(26)23(19)21(25)27-12-18-16-9-5-3-7-14(16)15-8-4-6-10-17(15)18/h3-10,13,18-19H,11-12H2,1-2H3. The van der Waals surface area contributed by atoms with Crippen LogP contribution in [0, 0.1) is 5.92 Å². The van der Waals surface area contributed by atoms with E-state index in [9.17, 15) is 14.4 Å². The van der Waals surface area contributed by atoms with Crippen LogP contribution in [-0.2, 0) is 14.3 Å². The molecule has 0 radical (unpaired) electrons. The second kappa shape index (κ2) is 7.11. The van der Waals surface area contributed by atoms with Crippen LogP contribution >= 0.6 is 0 Å². The maximum Gasteiger partial charge on any atom is 0.427 e. The van der Waals surface area contributed by atoms with E-state index < -0.39 is 24.2 Å². The minimum atomic E-state index is -0.965. The fourth-order valence-electron chi connectivity index (χ4n) is 3.95. The van der Waals surface area contributed by atoms with Gasteiger partial charge < -0.3 is 9.47 Å². The summed E-state index contributed by atoms with van der Waals surface area (Å²) in [6, 6.07) is 15.1. The summed E-state index contributed by atoms with van der Waals surface area (Å²) in [6.07, 6.45) is -1.47. The molecule has 1 fully saturated rings. The maximum absolute atomic E-state index is 12.6. The third-order valence-electron chi connectivity index (χ3n) is 5.20. The smallest absolute Gasteiger partial charge is 0.427 e. The fraction of sp³-hybridized carbons (Fsp3) is 0.318.